The van der Waals surface area contributed by atoms with E-state index < -0.39 is 34.0 Å². The molecule has 0 spiro atoms. The van der Waals surface area contributed by atoms with E-state index in [9.17, 15) is 35.3 Å². The average molecular weight is 319 g/mol. The van der Waals surface area contributed by atoms with Crippen LogP contribution in [-0.2, 0) is 11.2 Å². The number of hydrogen-bond donors (Lipinski definition) is 4. The summed E-state index contributed by atoms with van der Waals surface area (Å²) in [5, 5.41) is 48.7. The predicted octanol–water partition coefficient (Wildman–Crippen LogP) is 2.12. The van der Waals surface area contributed by atoms with E-state index in [-0.39, 0.29) is 17.7 Å². The fourth-order valence-electron chi connectivity index (χ4n) is 2.19. The van der Waals surface area contributed by atoms with Crippen LogP contribution in [0.2, 0.25) is 0 Å². The zero-order valence-corrected chi connectivity index (χ0v) is 11.7. The summed E-state index contributed by atoms with van der Waals surface area (Å²) in [5.41, 5.74) is -0.229. The van der Waals surface area contributed by atoms with Crippen molar-refractivity contribution in [2.75, 3.05) is 0 Å². The smallest absolute Gasteiger partial charge is 0.311 e. The van der Waals surface area contributed by atoms with Gasteiger partial charge in [0.25, 0.3) is 0 Å². The third-order valence-electron chi connectivity index (χ3n) is 3.39. The van der Waals surface area contributed by atoms with E-state index in [4.69, 9.17) is 0 Å². The van der Waals surface area contributed by atoms with Gasteiger partial charge in [-0.25, -0.2) is 0 Å². The van der Waals surface area contributed by atoms with Gasteiger partial charge in [-0.1, -0.05) is 12.1 Å². The number of carboxylic acid groups (broad SMARTS) is 1. The number of nitro benzene ring substituents is 1. The summed E-state index contributed by atoms with van der Waals surface area (Å²) in [7, 11) is 0. The van der Waals surface area contributed by atoms with Crippen LogP contribution in [-0.4, -0.2) is 31.3 Å². The van der Waals surface area contributed by atoms with Crippen molar-refractivity contribution in [1.82, 2.24) is 0 Å². The van der Waals surface area contributed by atoms with Gasteiger partial charge < -0.3 is 20.4 Å². The van der Waals surface area contributed by atoms with Crippen LogP contribution in [0.1, 0.15) is 17.0 Å². The van der Waals surface area contributed by atoms with Crippen molar-refractivity contribution in [1.29, 1.82) is 0 Å². The number of phenols is 3. The highest BCUT2D eigenvalue weighted by Gasteiger charge is 2.25. The van der Waals surface area contributed by atoms with E-state index in [1.165, 1.54) is 24.3 Å². The van der Waals surface area contributed by atoms with Gasteiger partial charge in [0.2, 0.25) is 0 Å². The molecule has 0 aliphatic heterocycles. The maximum atomic E-state index is 11.5. The zero-order chi connectivity index (χ0) is 17.1. The van der Waals surface area contributed by atoms with Crippen LogP contribution >= 0.6 is 0 Å². The molecule has 0 amide bonds. The molecule has 0 aliphatic rings. The lowest BCUT2D eigenvalue weighted by Gasteiger charge is -2.14. The number of nitrogens with zero attached hydrogens (tertiary/aromatic N) is 1. The van der Waals surface area contributed by atoms with Crippen LogP contribution < -0.4 is 0 Å². The molecular weight excluding hydrogens is 306 g/mol. The molecule has 0 aliphatic carbocycles. The minimum Gasteiger partial charge on any atom is -0.508 e. The lowest BCUT2D eigenvalue weighted by Crippen LogP contribution is -2.14. The second kappa shape index (κ2) is 6.22. The molecular formula is C15H13NO7. The van der Waals surface area contributed by atoms with Crippen molar-refractivity contribution in [3.63, 3.8) is 0 Å². The molecule has 0 saturated carbocycles. The van der Waals surface area contributed by atoms with E-state index in [0.29, 0.717) is 5.56 Å². The number of hydrogen-bond acceptors (Lipinski definition) is 6. The second-order valence-electron chi connectivity index (χ2n) is 4.91. The fraction of sp³-hybridized carbons (Fsp3) is 0.133. The van der Waals surface area contributed by atoms with Gasteiger partial charge in [0.1, 0.15) is 11.5 Å². The highest BCUT2D eigenvalue weighted by Crippen LogP contribution is 2.35. The van der Waals surface area contributed by atoms with E-state index in [1.54, 1.807) is 0 Å². The summed E-state index contributed by atoms with van der Waals surface area (Å²) >= 11 is 0. The lowest BCUT2D eigenvalue weighted by molar-refractivity contribution is -0.385. The van der Waals surface area contributed by atoms with Crippen molar-refractivity contribution in [2.45, 2.75) is 12.3 Å². The first-order valence-corrected chi connectivity index (χ1v) is 6.50. The molecule has 2 aromatic carbocycles. The average Bonchev–Trinajstić information content (AvgIpc) is 2.47. The van der Waals surface area contributed by atoms with E-state index in [0.717, 1.165) is 12.1 Å². The van der Waals surface area contributed by atoms with E-state index in [2.05, 4.69) is 0 Å². The Morgan fingerprint density at radius 3 is 2.22 bits per heavy atom. The normalized spacial score (nSPS) is 11.8. The standard InChI is InChI=1S/C15H13NO7/c17-10-3-1-8(2-4-10)11(15(20)21)5-9-6-12(16(22)23)14(19)7-13(9)18/h1-4,6-7,11,17-19H,5H2,(H,20,21). The van der Waals surface area contributed by atoms with E-state index in [1.807, 2.05) is 0 Å². The summed E-state index contributed by atoms with van der Waals surface area (Å²) in [6.07, 6.45) is -0.215. The van der Waals surface area contributed by atoms with Gasteiger partial charge in [0, 0.05) is 17.7 Å². The van der Waals surface area contributed by atoms with Crippen molar-refractivity contribution < 1.29 is 30.1 Å². The van der Waals surface area contributed by atoms with Crippen LogP contribution in [0.25, 0.3) is 0 Å². The van der Waals surface area contributed by atoms with Gasteiger partial charge in [0.15, 0.2) is 5.75 Å². The molecule has 0 bridgehead atoms. The van der Waals surface area contributed by atoms with Crippen molar-refractivity contribution in [3.05, 3.63) is 57.6 Å². The molecule has 0 fully saturated rings. The topological polar surface area (TPSA) is 141 Å². The Kier molecular flexibility index (Phi) is 4.35. The first kappa shape index (κ1) is 16.1. The molecule has 0 radical (unpaired) electrons. The number of carboxylic acids is 1. The second-order valence-corrected chi connectivity index (χ2v) is 4.91. The maximum Gasteiger partial charge on any atom is 0.311 e. The first-order valence-electron chi connectivity index (χ1n) is 6.50. The Morgan fingerprint density at radius 1 is 1.09 bits per heavy atom. The number of rotatable bonds is 5. The maximum absolute atomic E-state index is 11.5. The Balaban J connectivity index is 2.41. The molecule has 23 heavy (non-hydrogen) atoms. The van der Waals surface area contributed by atoms with Crippen LogP contribution in [0, 0.1) is 10.1 Å². The van der Waals surface area contributed by atoms with Gasteiger partial charge >= 0.3 is 11.7 Å². The summed E-state index contributed by atoms with van der Waals surface area (Å²) in [5.74, 6) is -3.43. The third-order valence-corrected chi connectivity index (χ3v) is 3.39. The summed E-state index contributed by atoms with van der Waals surface area (Å²) < 4.78 is 0. The molecule has 0 aromatic heterocycles. The molecule has 2 rings (SSSR count). The Labute approximate surface area is 130 Å². The minimum atomic E-state index is -1.19. The van der Waals surface area contributed by atoms with Crippen LogP contribution in [0.15, 0.2) is 36.4 Å². The van der Waals surface area contributed by atoms with E-state index >= 15 is 0 Å². The monoisotopic (exact) mass is 319 g/mol. The molecule has 8 heteroatoms. The molecule has 0 heterocycles. The third kappa shape index (κ3) is 3.49. The zero-order valence-electron chi connectivity index (χ0n) is 11.7. The van der Waals surface area contributed by atoms with Crippen molar-refractivity contribution >= 4 is 11.7 Å². The first-order chi connectivity index (χ1) is 10.8. The quantitative estimate of drug-likeness (QED) is 0.488. The van der Waals surface area contributed by atoms with Crippen LogP contribution in [0.4, 0.5) is 5.69 Å². The molecule has 8 nitrogen and oxygen atoms in total. The largest absolute Gasteiger partial charge is 0.508 e. The molecule has 0 saturated heterocycles. The predicted molar refractivity (Wildman–Crippen MR) is 78.6 cm³/mol. The Hall–Kier alpha value is -3.29. The lowest BCUT2D eigenvalue weighted by atomic mass is 9.91. The highest BCUT2D eigenvalue weighted by molar-refractivity contribution is 5.77. The van der Waals surface area contributed by atoms with Crippen molar-refractivity contribution in [3.8, 4) is 17.2 Å². The number of aromatic hydroxyl groups is 3. The number of carbonyl (C=O) groups is 1. The molecule has 1 atom stereocenters. The molecule has 2 aromatic rings. The van der Waals surface area contributed by atoms with Gasteiger partial charge in [-0.2, -0.15) is 0 Å². The van der Waals surface area contributed by atoms with Crippen LogP contribution in [0.5, 0.6) is 17.2 Å². The van der Waals surface area contributed by atoms with Crippen LogP contribution in [0.3, 0.4) is 0 Å². The summed E-state index contributed by atoms with van der Waals surface area (Å²) in [4.78, 5) is 21.5. The number of aliphatic carboxylic acids is 1. The van der Waals surface area contributed by atoms with Crippen molar-refractivity contribution in [2.24, 2.45) is 0 Å². The highest BCUT2D eigenvalue weighted by atomic mass is 16.6. The molecule has 4 N–H and O–H groups in total. The van der Waals surface area contributed by atoms with Gasteiger partial charge in [0.05, 0.1) is 10.8 Å². The van der Waals surface area contributed by atoms with Gasteiger partial charge in [-0.3, -0.25) is 14.9 Å². The minimum absolute atomic E-state index is 0.0231. The molecule has 120 valence electrons. The SMILES string of the molecule is O=C(O)C(Cc1cc([N+](=O)[O-])c(O)cc1O)c1ccc(O)cc1. The number of nitro groups is 1. The summed E-state index contributed by atoms with van der Waals surface area (Å²) in [6.45, 7) is 0. The summed E-state index contributed by atoms with van der Waals surface area (Å²) in [6, 6.07) is 7.24. The number of phenolic OH excluding ortho intramolecular Hbond substituents is 3. The Bertz CT molecular complexity index is 755. The van der Waals surface area contributed by atoms with Gasteiger partial charge in [-0.15, -0.1) is 0 Å². The van der Waals surface area contributed by atoms with Gasteiger partial charge in [-0.05, 0) is 24.1 Å². The number of benzene rings is 2. The molecule has 1 unspecified atom stereocenters. The Morgan fingerprint density at radius 2 is 1.70 bits per heavy atom. The fourth-order valence-corrected chi connectivity index (χ4v) is 2.19.